The number of fused-ring (bicyclic) bond motifs is 1. The molecule has 0 bridgehead atoms. The molecule has 1 fully saturated rings. The minimum absolute atomic E-state index is 0.236. The summed E-state index contributed by atoms with van der Waals surface area (Å²) in [6.45, 7) is 8.07. The molecule has 8 nitrogen and oxygen atoms in total. The monoisotopic (exact) mass is 441 g/mol. The highest BCUT2D eigenvalue weighted by Gasteiger charge is 2.18. The van der Waals surface area contributed by atoms with Gasteiger partial charge < -0.3 is 20.1 Å². The number of H-pyrrole nitrogens is 1. The van der Waals surface area contributed by atoms with Crippen molar-refractivity contribution in [2.75, 3.05) is 43.4 Å². The lowest BCUT2D eigenvalue weighted by atomic mass is 10.1. The number of aromatic nitrogens is 4. The lowest BCUT2D eigenvalue weighted by Gasteiger charge is -2.34. The number of benzene rings is 1. The Bertz CT molecular complexity index is 1300. The molecule has 0 aliphatic carbocycles. The summed E-state index contributed by atoms with van der Waals surface area (Å²) in [6.07, 6.45) is 3.30. The third kappa shape index (κ3) is 4.29. The van der Waals surface area contributed by atoms with E-state index in [-0.39, 0.29) is 5.91 Å². The zero-order chi connectivity index (χ0) is 22.9. The van der Waals surface area contributed by atoms with Crippen molar-refractivity contribution in [3.05, 3.63) is 65.6 Å². The normalized spacial score (nSPS) is 14.6. The molecule has 1 aromatic carbocycles. The van der Waals surface area contributed by atoms with Gasteiger partial charge in [-0.05, 0) is 62.9 Å². The number of nitrogens with one attached hydrogen (secondary N) is 2. The van der Waals surface area contributed by atoms with Gasteiger partial charge in [-0.1, -0.05) is 0 Å². The van der Waals surface area contributed by atoms with Crippen LogP contribution in [0.2, 0.25) is 0 Å². The van der Waals surface area contributed by atoms with E-state index >= 15 is 0 Å². The molecule has 0 unspecified atom stereocenters. The van der Waals surface area contributed by atoms with Gasteiger partial charge in [0.2, 0.25) is 0 Å². The van der Waals surface area contributed by atoms with Gasteiger partial charge in [0.1, 0.15) is 11.3 Å². The molecule has 1 saturated heterocycles. The lowest BCUT2D eigenvalue weighted by Crippen LogP contribution is -2.44. The van der Waals surface area contributed by atoms with Gasteiger partial charge in [0.05, 0.1) is 17.4 Å². The number of anilines is 2. The van der Waals surface area contributed by atoms with Gasteiger partial charge in [0.25, 0.3) is 5.91 Å². The Morgan fingerprint density at radius 1 is 1.03 bits per heavy atom. The second-order valence-electron chi connectivity index (χ2n) is 8.57. The van der Waals surface area contributed by atoms with Crippen LogP contribution in [-0.2, 0) is 0 Å². The first-order valence-corrected chi connectivity index (χ1v) is 11.1. The van der Waals surface area contributed by atoms with Crippen molar-refractivity contribution < 1.29 is 4.79 Å². The standard InChI is InChI=1S/C25H27N7O/c1-16-14-17(2)27-15-21(16)28-25(33)20-8-9-26-24-22(20)29-23(30-24)18-4-6-19(7-5-18)32-12-10-31(3)11-13-32/h4-9,14-15H,10-13H2,1-3H3,(H,28,33)(H,26,29,30). The van der Waals surface area contributed by atoms with Crippen LogP contribution in [0.3, 0.4) is 0 Å². The Morgan fingerprint density at radius 2 is 1.79 bits per heavy atom. The second-order valence-corrected chi connectivity index (χ2v) is 8.57. The summed E-state index contributed by atoms with van der Waals surface area (Å²) < 4.78 is 0. The maximum atomic E-state index is 13.0. The molecular formula is C25H27N7O. The van der Waals surface area contributed by atoms with Crippen molar-refractivity contribution >= 4 is 28.4 Å². The van der Waals surface area contributed by atoms with E-state index in [1.54, 1.807) is 18.5 Å². The highest BCUT2D eigenvalue weighted by atomic mass is 16.1. The van der Waals surface area contributed by atoms with Crippen LogP contribution in [-0.4, -0.2) is 64.0 Å². The molecule has 1 amide bonds. The number of hydrogen-bond donors (Lipinski definition) is 2. The van der Waals surface area contributed by atoms with Gasteiger partial charge in [0.15, 0.2) is 5.65 Å². The summed E-state index contributed by atoms with van der Waals surface area (Å²) in [5.74, 6) is 0.454. The zero-order valence-electron chi connectivity index (χ0n) is 19.1. The molecule has 5 rings (SSSR count). The van der Waals surface area contributed by atoms with E-state index in [9.17, 15) is 4.79 Å². The molecule has 4 heterocycles. The van der Waals surface area contributed by atoms with Crippen molar-refractivity contribution in [3.8, 4) is 11.4 Å². The van der Waals surface area contributed by atoms with E-state index in [1.807, 2.05) is 19.9 Å². The second kappa shape index (κ2) is 8.63. The van der Waals surface area contributed by atoms with Crippen molar-refractivity contribution in [2.45, 2.75) is 13.8 Å². The number of carbonyl (C=O) groups excluding carboxylic acids is 1. The first kappa shape index (κ1) is 21.1. The van der Waals surface area contributed by atoms with Crippen LogP contribution in [0.5, 0.6) is 0 Å². The molecule has 0 atom stereocenters. The van der Waals surface area contributed by atoms with Crippen molar-refractivity contribution in [1.82, 2.24) is 24.8 Å². The van der Waals surface area contributed by atoms with Crippen molar-refractivity contribution in [3.63, 3.8) is 0 Å². The van der Waals surface area contributed by atoms with Crippen LogP contribution in [0.4, 0.5) is 11.4 Å². The van der Waals surface area contributed by atoms with E-state index in [0.29, 0.717) is 28.2 Å². The van der Waals surface area contributed by atoms with Gasteiger partial charge >= 0.3 is 0 Å². The van der Waals surface area contributed by atoms with E-state index in [2.05, 4.69) is 61.4 Å². The molecule has 0 saturated carbocycles. The van der Waals surface area contributed by atoms with Crippen LogP contribution in [0, 0.1) is 13.8 Å². The topological polar surface area (TPSA) is 90.0 Å². The summed E-state index contributed by atoms with van der Waals surface area (Å²) in [7, 11) is 2.16. The maximum absolute atomic E-state index is 13.0. The number of rotatable bonds is 4. The van der Waals surface area contributed by atoms with Crippen LogP contribution in [0.1, 0.15) is 21.6 Å². The van der Waals surface area contributed by atoms with Gasteiger partial charge in [0, 0.05) is 49.3 Å². The number of amides is 1. The first-order valence-electron chi connectivity index (χ1n) is 11.1. The highest BCUT2D eigenvalue weighted by molar-refractivity contribution is 6.11. The molecule has 168 valence electrons. The summed E-state index contributed by atoms with van der Waals surface area (Å²) in [5.41, 5.74) is 6.32. The third-order valence-corrected chi connectivity index (χ3v) is 6.13. The SMILES string of the molecule is Cc1cc(C)c(NC(=O)c2ccnc3[nH]c(-c4ccc(N5CCN(C)CC5)cc4)nc23)cn1. The summed E-state index contributed by atoms with van der Waals surface area (Å²) >= 11 is 0. The van der Waals surface area contributed by atoms with Crippen LogP contribution < -0.4 is 10.2 Å². The largest absolute Gasteiger partial charge is 0.369 e. The Kier molecular flexibility index (Phi) is 5.51. The average Bonchev–Trinajstić information content (AvgIpc) is 3.26. The number of hydrogen-bond acceptors (Lipinski definition) is 6. The fourth-order valence-electron chi connectivity index (χ4n) is 4.14. The van der Waals surface area contributed by atoms with E-state index < -0.39 is 0 Å². The molecule has 3 aromatic heterocycles. The molecule has 1 aliphatic rings. The molecule has 0 spiro atoms. The van der Waals surface area contributed by atoms with Crippen LogP contribution in [0.25, 0.3) is 22.6 Å². The fourth-order valence-corrected chi connectivity index (χ4v) is 4.14. The number of imidazole rings is 1. The molecule has 1 aliphatic heterocycles. The number of likely N-dealkylation sites (N-methyl/N-ethyl adjacent to an activating group) is 1. The Balaban J connectivity index is 1.40. The molecule has 4 aromatic rings. The molecule has 2 N–H and O–H groups in total. The number of pyridine rings is 2. The summed E-state index contributed by atoms with van der Waals surface area (Å²) in [6, 6.07) is 12.0. The van der Waals surface area contributed by atoms with E-state index in [4.69, 9.17) is 4.98 Å². The van der Waals surface area contributed by atoms with Crippen molar-refractivity contribution in [2.24, 2.45) is 0 Å². The lowest BCUT2D eigenvalue weighted by molar-refractivity contribution is 0.102. The number of aryl methyl sites for hydroxylation is 2. The maximum Gasteiger partial charge on any atom is 0.258 e. The molecule has 0 radical (unpaired) electrons. The zero-order valence-corrected chi connectivity index (χ0v) is 19.1. The van der Waals surface area contributed by atoms with E-state index in [0.717, 1.165) is 43.0 Å². The minimum Gasteiger partial charge on any atom is -0.369 e. The number of carbonyl (C=O) groups is 1. The fraction of sp³-hybridized carbons (Fsp3) is 0.280. The molecule has 8 heteroatoms. The van der Waals surface area contributed by atoms with Crippen LogP contribution in [0.15, 0.2) is 48.8 Å². The Labute approximate surface area is 192 Å². The predicted molar refractivity (Wildman–Crippen MR) is 131 cm³/mol. The quantitative estimate of drug-likeness (QED) is 0.503. The Morgan fingerprint density at radius 3 is 2.52 bits per heavy atom. The smallest absolute Gasteiger partial charge is 0.258 e. The molecule has 33 heavy (non-hydrogen) atoms. The van der Waals surface area contributed by atoms with Gasteiger partial charge in [-0.15, -0.1) is 0 Å². The Hall–Kier alpha value is -3.78. The van der Waals surface area contributed by atoms with E-state index in [1.165, 1.54) is 5.69 Å². The van der Waals surface area contributed by atoms with Gasteiger partial charge in [-0.3, -0.25) is 9.78 Å². The third-order valence-electron chi connectivity index (χ3n) is 6.13. The number of aromatic amines is 1. The predicted octanol–water partition coefficient (Wildman–Crippen LogP) is 3.64. The average molecular weight is 442 g/mol. The first-order chi connectivity index (χ1) is 16.0. The highest BCUT2D eigenvalue weighted by Crippen LogP contribution is 2.25. The van der Waals surface area contributed by atoms with Gasteiger partial charge in [-0.25, -0.2) is 9.97 Å². The molecular weight excluding hydrogens is 414 g/mol. The summed E-state index contributed by atoms with van der Waals surface area (Å²) in [5, 5.41) is 2.95. The number of nitrogens with zero attached hydrogens (tertiary/aromatic N) is 5. The van der Waals surface area contributed by atoms with Gasteiger partial charge in [-0.2, -0.15) is 0 Å². The summed E-state index contributed by atoms with van der Waals surface area (Å²) in [4.78, 5) is 34.4. The minimum atomic E-state index is -0.236. The van der Waals surface area contributed by atoms with Crippen LogP contribution >= 0.6 is 0 Å². The van der Waals surface area contributed by atoms with Crippen molar-refractivity contribution in [1.29, 1.82) is 0 Å². The number of piperazine rings is 1.